The Balaban J connectivity index is 1.75. The van der Waals surface area contributed by atoms with Crippen molar-refractivity contribution in [3.05, 3.63) is 59.7 Å². The number of nitrogens with one attached hydrogen (secondary N) is 2. The van der Waals surface area contributed by atoms with Crippen molar-refractivity contribution in [3.63, 3.8) is 0 Å². The quantitative estimate of drug-likeness (QED) is 0.822. The second-order valence-corrected chi connectivity index (χ2v) is 5.50. The smallest absolute Gasteiger partial charge is 0.221 e. The molecule has 0 atom stereocenters. The molecular weight excluding hydrogens is 304 g/mol. The fraction of sp³-hybridized carbons (Fsp3) is 0.263. The minimum absolute atomic E-state index is 0.0109. The molecule has 2 N–H and O–H groups in total. The number of benzene rings is 2. The van der Waals surface area contributed by atoms with E-state index in [4.69, 9.17) is 4.74 Å². The lowest BCUT2D eigenvalue weighted by molar-refractivity contribution is -0.121. The first-order valence-electron chi connectivity index (χ1n) is 7.83. The third-order valence-electron chi connectivity index (χ3n) is 3.56. The molecule has 24 heavy (non-hydrogen) atoms. The van der Waals surface area contributed by atoms with Crippen LogP contribution in [-0.4, -0.2) is 18.9 Å². The Kier molecular flexibility index (Phi) is 6.37. The van der Waals surface area contributed by atoms with Gasteiger partial charge in [0.1, 0.15) is 5.75 Å². The van der Waals surface area contributed by atoms with Crippen molar-refractivity contribution >= 4 is 17.5 Å². The van der Waals surface area contributed by atoms with Gasteiger partial charge in [-0.1, -0.05) is 24.3 Å². The number of amides is 2. The number of methoxy groups -OCH3 is 1. The van der Waals surface area contributed by atoms with Crippen molar-refractivity contribution in [2.75, 3.05) is 12.4 Å². The number of hydrogen-bond acceptors (Lipinski definition) is 3. The molecule has 0 heterocycles. The van der Waals surface area contributed by atoms with E-state index < -0.39 is 0 Å². The van der Waals surface area contributed by atoms with Crippen molar-refractivity contribution in [3.8, 4) is 5.75 Å². The molecule has 0 spiro atoms. The normalized spacial score (nSPS) is 10.1. The number of hydrogen-bond donors (Lipinski definition) is 2. The first kappa shape index (κ1) is 17.5. The molecular formula is C19H22N2O3. The predicted molar refractivity (Wildman–Crippen MR) is 93.9 cm³/mol. The summed E-state index contributed by atoms with van der Waals surface area (Å²) in [4.78, 5) is 22.9. The lowest BCUT2D eigenvalue weighted by Gasteiger charge is -2.07. The Morgan fingerprint density at radius 3 is 2.17 bits per heavy atom. The maximum atomic E-state index is 11.9. The highest BCUT2D eigenvalue weighted by Crippen LogP contribution is 2.13. The SMILES string of the molecule is COc1ccc(CCC(=O)NCc2ccc(NC(C)=O)cc2)cc1. The zero-order chi connectivity index (χ0) is 17.4. The summed E-state index contributed by atoms with van der Waals surface area (Å²) < 4.78 is 5.11. The zero-order valence-electron chi connectivity index (χ0n) is 14.0. The average molecular weight is 326 g/mol. The molecule has 2 amide bonds. The summed E-state index contributed by atoms with van der Waals surface area (Å²) in [6.45, 7) is 1.94. The molecule has 0 radical (unpaired) electrons. The first-order valence-corrected chi connectivity index (χ1v) is 7.83. The molecule has 0 aliphatic carbocycles. The summed E-state index contributed by atoms with van der Waals surface area (Å²) in [5.74, 6) is 0.720. The second-order valence-electron chi connectivity index (χ2n) is 5.50. The van der Waals surface area contributed by atoms with Crippen LogP contribution in [0.25, 0.3) is 0 Å². The van der Waals surface area contributed by atoms with Crippen molar-refractivity contribution < 1.29 is 14.3 Å². The highest BCUT2D eigenvalue weighted by molar-refractivity contribution is 5.88. The number of ether oxygens (including phenoxy) is 1. The van der Waals surface area contributed by atoms with Gasteiger partial charge in [0.25, 0.3) is 0 Å². The van der Waals surface area contributed by atoms with Crippen LogP contribution in [-0.2, 0) is 22.6 Å². The Labute approximate surface area is 142 Å². The van der Waals surface area contributed by atoms with E-state index in [1.54, 1.807) is 7.11 Å². The van der Waals surface area contributed by atoms with Gasteiger partial charge in [0.2, 0.25) is 11.8 Å². The molecule has 2 rings (SSSR count). The molecule has 0 aliphatic rings. The molecule has 0 aliphatic heterocycles. The molecule has 0 saturated carbocycles. The average Bonchev–Trinajstić information content (AvgIpc) is 2.59. The van der Waals surface area contributed by atoms with Gasteiger partial charge in [-0.05, 0) is 41.8 Å². The molecule has 0 unspecified atom stereocenters. The van der Waals surface area contributed by atoms with Crippen LogP contribution in [0.3, 0.4) is 0 Å². The van der Waals surface area contributed by atoms with Gasteiger partial charge in [-0.2, -0.15) is 0 Å². The summed E-state index contributed by atoms with van der Waals surface area (Å²) in [6, 6.07) is 15.1. The van der Waals surface area contributed by atoms with Crippen molar-refractivity contribution in [2.24, 2.45) is 0 Å². The number of aryl methyl sites for hydroxylation is 1. The van der Waals surface area contributed by atoms with E-state index in [0.717, 1.165) is 22.6 Å². The number of carbonyl (C=O) groups excluding carboxylic acids is 2. The summed E-state index contributed by atoms with van der Waals surface area (Å²) in [6.07, 6.45) is 1.13. The first-order chi connectivity index (χ1) is 11.6. The van der Waals surface area contributed by atoms with Gasteiger partial charge >= 0.3 is 0 Å². The number of anilines is 1. The molecule has 5 heteroatoms. The van der Waals surface area contributed by atoms with Gasteiger partial charge < -0.3 is 15.4 Å². The van der Waals surface area contributed by atoms with Crippen molar-refractivity contribution in [2.45, 2.75) is 26.3 Å². The van der Waals surface area contributed by atoms with Gasteiger partial charge in [-0.25, -0.2) is 0 Å². The molecule has 2 aromatic rings. The fourth-order valence-electron chi connectivity index (χ4n) is 2.25. The van der Waals surface area contributed by atoms with E-state index in [0.29, 0.717) is 19.4 Å². The van der Waals surface area contributed by atoms with Crippen LogP contribution in [0.5, 0.6) is 5.75 Å². The fourth-order valence-corrected chi connectivity index (χ4v) is 2.25. The van der Waals surface area contributed by atoms with Crippen LogP contribution in [0.1, 0.15) is 24.5 Å². The van der Waals surface area contributed by atoms with E-state index in [1.165, 1.54) is 6.92 Å². The van der Waals surface area contributed by atoms with Crippen molar-refractivity contribution in [1.29, 1.82) is 0 Å². The third kappa shape index (κ3) is 5.76. The van der Waals surface area contributed by atoms with E-state index in [9.17, 15) is 9.59 Å². The predicted octanol–water partition coefficient (Wildman–Crippen LogP) is 2.90. The van der Waals surface area contributed by atoms with Crippen LogP contribution >= 0.6 is 0 Å². The Hall–Kier alpha value is -2.82. The van der Waals surface area contributed by atoms with E-state index >= 15 is 0 Å². The van der Waals surface area contributed by atoms with E-state index in [-0.39, 0.29) is 11.8 Å². The second kappa shape index (κ2) is 8.72. The monoisotopic (exact) mass is 326 g/mol. The topological polar surface area (TPSA) is 67.4 Å². The van der Waals surface area contributed by atoms with Crippen LogP contribution in [0.4, 0.5) is 5.69 Å². The largest absolute Gasteiger partial charge is 0.497 e. The molecule has 0 aromatic heterocycles. The van der Waals surface area contributed by atoms with Gasteiger partial charge in [0.05, 0.1) is 7.11 Å². The Morgan fingerprint density at radius 1 is 0.958 bits per heavy atom. The summed E-state index contributed by atoms with van der Waals surface area (Å²) in [5, 5.41) is 5.61. The number of carbonyl (C=O) groups is 2. The van der Waals surface area contributed by atoms with Gasteiger partial charge in [0.15, 0.2) is 0 Å². The Bertz CT molecular complexity index is 679. The summed E-state index contributed by atoms with van der Waals surface area (Å²) >= 11 is 0. The third-order valence-corrected chi connectivity index (χ3v) is 3.56. The molecule has 0 fully saturated rings. The summed E-state index contributed by atoms with van der Waals surface area (Å²) in [7, 11) is 1.63. The highest BCUT2D eigenvalue weighted by atomic mass is 16.5. The van der Waals surface area contributed by atoms with Crippen LogP contribution in [0.15, 0.2) is 48.5 Å². The van der Waals surface area contributed by atoms with Gasteiger partial charge in [-0.3, -0.25) is 9.59 Å². The molecule has 0 bridgehead atoms. The maximum absolute atomic E-state index is 11.9. The van der Waals surface area contributed by atoms with Gasteiger partial charge in [0, 0.05) is 25.6 Å². The zero-order valence-corrected chi connectivity index (χ0v) is 14.0. The minimum atomic E-state index is -0.102. The lowest BCUT2D eigenvalue weighted by Crippen LogP contribution is -2.23. The van der Waals surface area contributed by atoms with Crippen LogP contribution in [0, 0.1) is 0 Å². The molecule has 126 valence electrons. The van der Waals surface area contributed by atoms with E-state index in [2.05, 4.69) is 10.6 Å². The lowest BCUT2D eigenvalue weighted by atomic mass is 10.1. The standard InChI is InChI=1S/C19H22N2O3/c1-14(22)21-17-8-3-16(4-9-17)13-20-19(23)12-7-15-5-10-18(24-2)11-6-15/h3-6,8-11H,7,12-13H2,1-2H3,(H,20,23)(H,21,22). The molecule has 0 saturated heterocycles. The molecule has 5 nitrogen and oxygen atoms in total. The Morgan fingerprint density at radius 2 is 1.58 bits per heavy atom. The molecule has 2 aromatic carbocycles. The van der Waals surface area contributed by atoms with Crippen molar-refractivity contribution in [1.82, 2.24) is 5.32 Å². The summed E-state index contributed by atoms with van der Waals surface area (Å²) in [5.41, 5.74) is 2.84. The number of rotatable bonds is 7. The highest BCUT2D eigenvalue weighted by Gasteiger charge is 2.03. The van der Waals surface area contributed by atoms with Gasteiger partial charge in [-0.15, -0.1) is 0 Å². The van der Waals surface area contributed by atoms with Crippen LogP contribution < -0.4 is 15.4 Å². The van der Waals surface area contributed by atoms with E-state index in [1.807, 2.05) is 48.5 Å². The minimum Gasteiger partial charge on any atom is -0.497 e. The maximum Gasteiger partial charge on any atom is 0.221 e. The van der Waals surface area contributed by atoms with Crippen LogP contribution in [0.2, 0.25) is 0 Å².